The molecular weight excluding hydrogens is 1620 g/mol. The van der Waals surface area contributed by atoms with E-state index in [9.17, 15) is 38.4 Å². The first-order valence-electron chi connectivity index (χ1n) is 49.3. The number of carbonyl (C=O) groups excluding carboxylic acids is 8. The highest BCUT2D eigenvalue weighted by atomic mass is 16.2. The highest BCUT2D eigenvalue weighted by Crippen LogP contribution is 2.32. The maximum absolute atomic E-state index is 13.0. The van der Waals surface area contributed by atoms with Crippen LogP contribution in [0.4, 0.5) is 0 Å². The van der Waals surface area contributed by atoms with Crippen LogP contribution in [-0.2, 0) is 164 Å². The molecule has 5 N–H and O–H groups in total. The first kappa shape index (κ1) is 92.1. The summed E-state index contributed by atoms with van der Waals surface area (Å²) in [5.41, 5.74) is 35.4. The normalized spacial score (nSPS) is 14.8. The first-order valence-corrected chi connectivity index (χ1v) is 49.3. The number of hydrogen-bond acceptors (Lipinski definition) is 8. The summed E-state index contributed by atoms with van der Waals surface area (Å²) in [4.78, 5) is 101. The lowest BCUT2D eigenvalue weighted by Gasteiger charge is -2.17. The van der Waals surface area contributed by atoms with Crippen LogP contribution in [0.15, 0.2) is 218 Å². The van der Waals surface area contributed by atoms with Gasteiger partial charge in [-0.05, 0) is 401 Å². The van der Waals surface area contributed by atoms with Crippen molar-refractivity contribution in [3.8, 4) is 0 Å². The molecule has 8 aliphatic carbocycles. The zero-order valence-electron chi connectivity index (χ0n) is 76.7. The lowest BCUT2D eigenvalue weighted by molar-refractivity contribution is -0.127. The Labute approximate surface area is 775 Å². The topological polar surface area (TPSA) is 197 Å². The molecule has 13 heteroatoms. The molecule has 131 heavy (non-hydrogen) atoms. The van der Waals surface area contributed by atoms with Crippen LogP contribution >= 0.6 is 0 Å². The molecule has 0 radical (unpaired) electrons. The van der Waals surface area contributed by atoms with Crippen LogP contribution in [0.3, 0.4) is 0 Å². The summed E-state index contributed by atoms with van der Waals surface area (Å²) in [6.07, 6.45) is 42.4. The van der Waals surface area contributed by atoms with Gasteiger partial charge < -0.3 is 26.6 Å². The van der Waals surface area contributed by atoms with E-state index in [0.29, 0.717) is 85.4 Å². The highest BCUT2D eigenvalue weighted by molar-refractivity contribution is 6.07. The van der Waals surface area contributed by atoms with Gasteiger partial charge in [0.1, 0.15) is 11.6 Å². The number of benzene rings is 11. The third-order valence-electron chi connectivity index (χ3n) is 28.3. The van der Waals surface area contributed by atoms with Crippen LogP contribution in [0.2, 0.25) is 0 Å². The Morgan fingerprint density at radius 3 is 0.687 bits per heavy atom. The van der Waals surface area contributed by atoms with Gasteiger partial charge in [-0.2, -0.15) is 0 Å². The monoisotopic (exact) mass is 1740 g/mol. The second kappa shape index (κ2) is 46.0. The van der Waals surface area contributed by atoms with Gasteiger partial charge in [-0.15, -0.1) is 0 Å². The van der Waals surface area contributed by atoms with E-state index in [1.165, 1.54) is 234 Å². The minimum absolute atomic E-state index is 0.0816. The van der Waals surface area contributed by atoms with Crippen molar-refractivity contribution >= 4 is 46.9 Å². The van der Waals surface area contributed by atoms with E-state index in [0.717, 1.165) is 124 Å². The fourth-order valence-corrected chi connectivity index (χ4v) is 20.6. The number of nitrogens with one attached hydrogen (secondary N) is 5. The van der Waals surface area contributed by atoms with Gasteiger partial charge in [0.15, 0.2) is 5.78 Å². The molecule has 0 spiro atoms. The number of amides is 5. The number of hydrogen-bond donors (Lipinski definition) is 5. The van der Waals surface area contributed by atoms with Crippen LogP contribution in [0.1, 0.15) is 324 Å². The Balaban J connectivity index is 0.000000128. The average molecular weight is 1750 g/mol. The number of aryl methyl sites for hydroxylation is 19. The molecule has 0 saturated heterocycles. The Morgan fingerprint density at radius 1 is 0.191 bits per heavy atom. The smallest absolute Gasteiger partial charge is 0.252 e. The summed E-state index contributed by atoms with van der Waals surface area (Å²) in [6, 6.07) is 73.7. The van der Waals surface area contributed by atoms with Crippen molar-refractivity contribution in [1.82, 2.24) is 26.6 Å². The molecule has 13 nitrogen and oxygen atoms in total. The maximum Gasteiger partial charge on any atom is 0.252 e. The lowest BCUT2D eigenvalue weighted by atomic mass is 9.89. The number of rotatable bonds is 27. The highest BCUT2D eigenvalue weighted by Gasteiger charge is 2.23. The molecule has 0 bridgehead atoms. The fraction of sp³-hybridized carbons (Fsp3) is 0.373. The number of fused-ring (bicyclic) bond motifs is 8. The molecule has 11 aromatic rings. The molecule has 0 saturated carbocycles. The second-order valence-corrected chi connectivity index (χ2v) is 37.8. The molecule has 0 heterocycles. The molecule has 674 valence electrons. The summed E-state index contributed by atoms with van der Waals surface area (Å²) in [6.45, 7) is 2.41. The van der Waals surface area contributed by atoms with Gasteiger partial charge in [-0.3, -0.25) is 38.4 Å². The summed E-state index contributed by atoms with van der Waals surface area (Å²) in [5, 5.41) is 15.0. The van der Waals surface area contributed by atoms with Gasteiger partial charge in [-0.25, -0.2) is 0 Å². The number of carbonyl (C=O) groups is 8. The van der Waals surface area contributed by atoms with Crippen molar-refractivity contribution in [3.63, 3.8) is 0 Å². The third kappa shape index (κ3) is 25.9. The minimum atomic E-state index is -0.225. The summed E-state index contributed by atoms with van der Waals surface area (Å²) in [5.74, 6) is -0.598. The van der Waals surface area contributed by atoms with Crippen molar-refractivity contribution in [2.24, 2.45) is 0 Å². The van der Waals surface area contributed by atoms with Crippen molar-refractivity contribution in [1.29, 1.82) is 0 Å². The summed E-state index contributed by atoms with van der Waals surface area (Å²) < 4.78 is 0. The van der Waals surface area contributed by atoms with Crippen molar-refractivity contribution in [2.75, 3.05) is 0 Å². The molecule has 0 aliphatic heterocycles. The first-order chi connectivity index (χ1) is 64.1. The predicted octanol–water partition coefficient (Wildman–Crippen LogP) is 22.3. The maximum atomic E-state index is 13.0. The third-order valence-corrected chi connectivity index (χ3v) is 28.3. The quantitative estimate of drug-likeness (QED) is 0.0248. The predicted molar refractivity (Wildman–Crippen MR) is 524 cm³/mol. The number of Topliss-reactive ketones (excluding diaryl/α,β-unsaturated/α-hetero) is 3. The molecule has 8 aliphatic rings. The summed E-state index contributed by atoms with van der Waals surface area (Å²) >= 11 is 0. The molecule has 5 amide bonds. The molecule has 0 aromatic heterocycles. The lowest BCUT2D eigenvalue weighted by Crippen LogP contribution is -2.29. The molecule has 0 atom stereocenters. The standard InChI is InChI=1S/C31H33NO2.2C30H32N2O2.C27H32O2/c33-30(18-11-22-9-12-24-5-1-3-7-28(24)19-22)26-14-16-27(17-15-26)31(34)32-21-23-10-13-25-6-2-4-8-29(25)20-23;33-29(31-19-21-13-15-23-7-1-3-9-25(23)17-21)27-11-5-6-12-28(27)30(34)32-20-22-14-16-24-8-2-4-10-26(24)18-22;33-29(31-19-21-12-14-23-6-1-3-8-25(23)16-21)27-10-5-11-28(18-27)30(34)32-20-22-13-15-24-7-2-4-9-26(24)17-22;28-26(15-11-20-9-13-22-5-1-3-7-24(22)17-20)19-27(29)16-12-21-10-14-23-6-2-4-8-25(23)18-21/h9-10,12-17,19-20H,1-8,11,18,21H2,(H,32,34);5-6,11-18H,1-4,7-10,19-20H2,(H,31,33)(H,32,34);5,10-18H,1-4,6-9,19-20H2,(H,31,33)(H,32,34);9-10,13-14,17-18H,1-8,11-12,15-16,19H2. The van der Waals surface area contributed by atoms with Crippen LogP contribution < -0.4 is 26.6 Å². The fourth-order valence-electron chi connectivity index (χ4n) is 20.6. The second-order valence-electron chi connectivity index (χ2n) is 37.8. The molecule has 19 rings (SSSR count). The molecule has 0 fully saturated rings. The van der Waals surface area contributed by atoms with Crippen LogP contribution in [0, 0.1) is 0 Å². The summed E-state index contributed by atoms with van der Waals surface area (Å²) in [7, 11) is 0. The zero-order chi connectivity index (χ0) is 90.0. The van der Waals surface area contributed by atoms with Gasteiger partial charge in [0.05, 0.1) is 17.5 Å². The van der Waals surface area contributed by atoms with Crippen molar-refractivity contribution in [2.45, 2.75) is 283 Å². The van der Waals surface area contributed by atoms with E-state index in [4.69, 9.17) is 0 Å². The van der Waals surface area contributed by atoms with Gasteiger partial charge in [0, 0.05) is 74.2 Å². The van der Waals surface area contributed by atoms with E-state index in [2.05, 4.69) is 172 Å². The van der Waals surface area contributed by atoms with Gasteiger partial charge in [0.2, 0.25) is 0 Å². The van der Waals surface area contributed by atoms with Crippen LogP contribution in [0.25, 0.3) is 0 Å². The van der Waals surface area contributed by atoms with E-state index in [1.807, 2.05) is 0 Å². The average Bonchev–Trinajstić information content (AvgIpc) is 0.792. The molecular formula is C118H129N5O8. The van der Waals surface area contributed by atoms with E-state index < -0.39 is 0 Å². The minimum Gasteiger partial charge on any atom is -0.348 e. The Morgan fingerprint density at radius 2 is 0.412 bits per heavy atom. The van der Waals surface area contributed by atoms with Gasteiger partial charge >= 0.3 is 0 Å². The van der Waals surface area contributed by atoms with E-state index >= 15 is 0 Å². The van der Waals surface area contributed by atoms with Gasteiger partial charge in [-0.1, -0.05) is 176 Å². The van der Waals surface area contributed by atoms with E-state index in [1.54, 1.807) is 72.8 Å². The SMILES string of the molecule is O=C(CCc1ccc2c(c1)CCCC2)CC(=O)CCc1ccc2c(c1)CCCC2.O=C(CCc1ccc2c(c1)CCCC2)c1ccc(C(=O)NCc2ccc3c(c2)CCCC3)cc1.O=C(NCc1ccc2c(c1)CCCC2)c1cccc(C(=O)NCc2ccc3c(c2)CCCC3)c1.O=C(NCc1ccc2c(c1)CCCC2)c1ccccc1C(=O)NCc1ccc2c(c1)CCCC2. The van der Waals surface area contributed by atoms with Crippen LogP contribution in [0.5, 0.6) is 0 Å². The van der Waals surface area contributed by atoms with Crippen molar-refractivity contribution < 1.29 is 38.4 Å². The largest absolute Gasteiger partial charge is 0.348 e. The Bertz CT molecular complexity index is 5600. The molecule has 11 aromatic carbocycles. The Kier molecular flexibility index (Phi) is 32.4. The van der Waals surface area contributed by atoms with Gasteiger partial charge in [0.25, 0.3) is 29.5 Å². The Hall–Kier alpha value is -12.2. The molecule has 0 unspecified atom stereocenters. The van der Waals surface area contributed by atoms with E-state index in [-0.39, 0.29) is 53.3 Å². The van der Waals surface area contributed by atoms with Crippen LogP contribution in [-0.4, -0.2) is 46.9 Å². The van der Waals surface area contributed by atoms with Crippen molar-refractivity contribution in [3.05, 3.63) is 385 Å². The number of ketones is 3. The zero-order valence-corrected chi connectivity index (χ0v) is 76.7.